The van der Waals surface area contributed by atoms with Crippen LogP contribution in [0.4, 0.5) is 17.6 Å². The summed E-state index contributed by atoms with van der Waals surface area (Å²) in [6.45, 7) is 3.73. The Morgan fingerprint density at radius 1 is 1.34 bits per heavy atom. The van der Waals surface area contributed by atoms with E-state index in [4.69, 9.17) is 10.5 Å². The first kappa shape index (κ1) is 19.4. The molecule has 0 saturated heterocycles. The van der Waals surface area contributed by atoms with Crippen LogP contribution in [-0.4, -0.2) is 15.5 Å². The lowest BCUT2D eigenvalue weighted by molar-refractivity contribution is -0.137. The largest absolute Gasteiger partial charge is 0.416 e. The molecule has 0 aliphatic carbocycles. The van der Waals surface area contributed by atoms with Crippen molar-refractivity contribution in [3.63, 3.8) is 0 Å². The first-order chi connectivity index (χ1) is 13.6. The minimum atomic E-state index is -4.65. The number of rotatable bonds is 3. The van der Waals surface area contributed by atoms with Crippen molar-refractivity contribution < 1.29 is 27.1 Å². The Morgan fingerprint density at radius 2 is 2.07 bits per heavy atom. The van der Waals surface area contributed by atoms with Crippen LogP contribution in [0.5, 0.6) is 0 Å². The zero-order valence-electron chi connectivity index (χ0n) is 15.5. The van der Waals surface area contributed by atoms with Crippen LogP contribution in [0.15, 0.2) is 30.5 Å². The topological polar surface area (TPSA) is 70.1 Å². The maximum absolute atomic E-state index is 14.6. The number of hydrogen-bond donors (Lipinski definition) is 1. The van der Waals surface area contributed by atoms with Gasteiger partial charge < -0.3 is 15.0 Å². The Kier molecular flexibility index (Phi) is 4.38. The maximum Gasteiger partial charge on any atom is 0.416 e. The number of nitrogens with two attached hydrogens (primary N) is 1. The average molecular weight is 407 g/mol. The quantitative estimate of drug-likeness (QED) is 0.651. The predicted octanol–water partition coefficient (Wildman–Crippen LogP) is 4.49. The lowest BCUT2D eigenvalue weighted by Gasteiger charge is -2.20. The fourth-order valence-electron chi connectivity index (χ4n) is 3.84. The molecule has 2 atom stereocenters. The molecule has 1 aliphatic heterocycles. The van der Waals surface area contributed by atoms with Crippen molar-refractivity contribution in [3.05, 3.63) is 64.2 Å². The van der Waals surface area contributed by atoms with E-state index in [-0.39, 0.29) is 24.0 Å². The van der Waals surface area contributed by atoms with Crippen LogP contribution in [0.3, 0.4) is 0 Å². The van der Waals surface area contributed by atoms with E-state index in [1.54, 1.807) is 13.1 Å². The Labute approximate surface area is 163 Å². The molecule has 5 nitrogen and oxygen atoms in total. The van der Waals surface area contributed by atoms with Crippen molar-refractivity contribution in [3.8, 4) is 0 Å². The second kappa shape index (κ2) is 6.55. The number of hydrogen-bond acceptors (Lipinski definition) is 3. The van der Waals surface area contributed by atoms with Gasteiger partial charge in [0, 0.05) is 22.9 Å². The number of fused-ring (bicyclic) bond motifs is 3. The first-order valence-electron chi connectivity index (χ1n) is 8.90. The van der Waals surface area contributed by atoms with E-state index in [0.717, 1.165) is 23.3 Å². The van der Waals surface area contributed by atoms with Gasteiger partial charge in [-0.1, -0.05) is 6.07 Å². The Bertz CT molecular complexity index is 1140. The number of halogens is 4. The summed E-state index contributed by atoms with van der Waals surface area (Å²) in [5.74, 6) is -1.77. The van der Waals surface area contributed by atoms with Crippen LogP contribution in [-0.2, 0) is 17.5 Å². The smallest absolute Gasteiger partial charge is 0.369 e. The number of aromatic nitrogens is 2. The van der Waals surface area contributed by atoms with Gasteiger partial charge in [0.2, 0.25) is 0 Å². The van der Waals surface area contributed by atoms with Gasteiger partial charge in [-0.05, 0) is 32.0 Å². The van der Waals surface area contributed by atoms with Gasteiger partial charge in [-0.3, -0.25) is 9.78 Å². The average Bonchev–Trinajstić information content (AvgIpc) is 3.21. The molecule has 3 aromatic rings. The van der Waals surface area contributed by atoms with E-state index in [9.17, 15) is 22.4 Å². The first-order valence-corrected chi connectivity index (χ1v) is 8.90. The highest BCUT2D eigenvalue weighted by molar-refractivity contribution is 5.98. The standard InChI is InChI=1S/C20H17F4N3O2/c1-9(12-4-3-11(5-15(12)21)20(22,23)24)27-17(19(25)28)6-16-18(27)14-8-29-10(2)13(14)7-26-16/h3-7,9-10H,8H2,1-2H3,(H2,25,28)/t9-,10?/m0/s1. The number of ether oxygens (including phenoxy) is 1. The minimum absolute atomic E-state index is 0.00238. The van der Waals surface area contributed by atoms with Gasteiger partial charge in [0.05, 0.1) is 35.3 Å². The molecule has 2 N–H and O–H groups in total. The lowest BCUT2D eigenvalue weighted by atomic mass is 10.0. The summed E-state index contributed by atoms with van der Waals surface area (Å²) in [7, 11) is 0. The van der Waals surface area contributed by atoms with Crippen molar-refractivity contribution in [2.24, 2.45) is 5.73 Å². The van der Waals surface area contributed by atoms with Crippen LogP contribution >= 0.6 is 0 Å². The fourth-order valence-corrected chi connectivity index (χ4v) is 3.84. The fraction of sp³-hybridized carbons (Fsp3) is 0.300. The highest BCUT2D eigenvalue weighted by Gasteiger charge is 2.33. The van der Waals surface area contributed by atoms with E-state index >= 15 is 0 Å². The molecule has 1 aliphatic rings. The molecule has 29 heavy (non-hydrogen) atoms. The highest BCUT2D eigenvalue weighted by Crippen LogP contribution is 2.38. The number of alkyl halides is 3. The van der Waals surface area contributed by atoms with Crippen LogP contribution in [0, 0.1) is 5.82 Å². The highest BCUT2D eigenvalue weighted by atomic mass is 19.4. The van der Waals surface area contributed by atoms with E-state index in [0.29, 0.717) is 17.1 Å². The summed E-state index contributed by atoms with van der Waals surface area (Å²) in [5, 5.41) is 0. The molecule has 1 amide bonds. The molecule has 0 saturated carbocycles. The monoisotopic (exact) mass is 407 g/mol. The predicted molar refractivity (Wildman–Crippen MR) is 96.7 cm³/mol. The van der Waals surface area contributed by atoms with E-state index in [1.807, 2.05) is 6.92 Å². The summed E-state index contributed by atoms with van der Waals surface area (Å²) in [4.78, 5) is 16.4. The SMILES string of the molecule is CC1OCc2c1cnc1cc(C(N)=O)n([C@@H](C)c3ccc(C(F)(F)F)cc3F)c21. The van der Waals surface area contributed by atoms with Gasteiger partial charge in [0.15, 0.2) is 0 Å². The number of pyridine rings is 1. The van der Waals surface area contributed by atoms with Gasteiger partial charge in [0.1, 0.15) is 11.5 Å². The summed E-state index contributed by atoms with van der Waals surface area (Å²) in [6.07, 6.45) is -3.19. The third-order valence-electron chi connectivity index (χ3n) is 5.33. The number of amides is 1. The second-order valence-corrected chi connectivity index (χ2v) is 7.05. The molecule has 1 unspecified atom stereocenters. The van der Waals surface area contributed by atoms with Gasteiger partial charge in [-0.25, -0.2) is 4.39 Å². The number of nitrogens with zero attached hydrogens (tertiary/aromatic N) is 2. The number of primary amides is 1. The number of carbonyl (C=O) groups excluding carboxylic acids is 1. The van der Waals surface area contributed by atoms with Crippen molar-refractivity contribution in [1.29, 1.82) is 0 Å². The molecule has 0 bridgehead atoms. The molecule has 0 fully saturated rings. The molecule has 152 valence electrons. The van der Waals surface area contributed by atoms with Crippen LogP contribution in [0.2, 0.25) is 0 Å². The van der Waals surface area contributed by atoms with Gasteiger partial charge in [-0.2, -0.15) is 13.2 Å². The number of carbonyl (C=O) groups is 1. The van der Waals surface area contributed by atoms with Crippen molar-refractivity contribution >= 4 is 16.9 Å². The molecule has 4 rings (SSSR count). The molecular formula is C20H17F4N3O2. The van der Waals surface area contributed by atoms with Crippen molar-refractivity contribution in [2.75, 3.05) is 0 Å². The van der Waals surface area contributed by atoms with Crippen LogP contribution < -0.4 is 5.73 Å². The van der Waals surface area contributed by atoms with Gasteiger partial charge in [-0.15, -0.1) is 0 Å². The Hall–Kier alpha value is -2.94. The van der Waals surface area contributed by atoms with Crippen molar-refractivity contribution in [1.82, 2.24) is 9.55 Å². The van der Waals surface area contributed by atoms with Crippen LogP contribution in [0.1, 0.15) is 58.7 Å². The maximum atomic E-state index is 14.6. The Balaban J connectivity index is 1.93. The van der Waals surface area contributed by atoms with Crippen molar-refractivity contribution in [2.45, 2.75) is 38.8 Å². The molecule has 3 heterocycles. The molecule has 9 heteroatoms. The summed E-state index contributed by atoms with van der Waals surface area (Å²) >= 11 is 0. The van der Waals surface area contributed by atoms with E-state index in [1.165, 1.54) is 10.6 Å². The molecule has 0 spiro atoms. The summed E-state index contributed by atoms with van der Waals surface area (Å²) < 4.78 is 60.4. The summed E-state index contributed by atoms with van der Waals surface area (Å²) in [5.41, 5.74) is 7.22. The van der Waals surface area contributed by atoms with E-state index < -0.39 is 29.5 Å². The van der Waals surface area contributed by atoms with E-state index in [2.05, 4.69) is 4.98 Å². The lowest BCUT2D eigenvalue weighted by Crippen LogP contribution is -2.20. The van der Waals surface area contributed by atoms with Gasteiger partial charge in [0.25, 0.3) is 5.91 Å². The molecule has 0 radical (unpaired) electrons. The number of benzene rings is 1. The molecule has 2 aromatic heterocycles. The van der Waals surface area contributed by atoms with Gasteiger partial charge >= 0.3 is 6.18 Å². The Morgan fingerprint density at radius 3 is 2.69 bits per heavy atom. The molecular weight excluding hydrogens is 390 g/mol. The summed E-state index contributed by atoms with van der Waals surface area (Å²) in [6, 6.07) is 3.05. The third kappa shape index (κ3) is 3.05. The molecule has 1 aromatic carbocycles. The van der Waals surface area contributed by atoms with Crippen LogP contribution in [0.25, 0.3) is 11.0 Å². The zero-order valence-corrected chi connectivity index (χ0v) is 15.5. The third-order valence-corrected chi connectivity index (χ3v) is 5.33. The minimum Gasteiger partial charge on any atom is -0.369 e. The second-order valence-electron chi connectivity index (χ2n) is 7.05. The zero-order chi connectivity index (χ0) is 21.1. The normalized spacial score (nSPS) is 17.5.